The van der Waals surface area contributed by atoms with E-state index in [2.05, 4.69) is 13.8 Å². The summed E-state index contributed by atoms with van der Waals surface area (Å²) in [7, 11) is -0.813. The average Bonchev–Trinajstić information content (AvgIpc) is 2.40. The molecule has 0 saturated carbocycles. The Morgan fingerprint density at radius 3 is 2.05 bits per heavy atom. The summed E-state index contributed by atoms with van der Waals surface area (Å²) in [5.74, 6) is 1.83. The first-order chi connectivity index (χ1) is 9.24. The van der Waals surface area contributed by atoms with Crippen molar-refractivity contribution in [1.29, 1.82) is 0 Å². The van der Waals surface area contributed by atoms with Crippen molar-refractivity contribution < 1.29 is 9.32 Å². The minimum absolute atomic E-state index is 0.0564. The maximum atomic E-state index is 11.6. The molecule has 0 rings (SSSR count). The smallest absolute Gasteiger partial charge is 0.0546 e. The SMILES string of the molecule is CCCCCCCCCCC(CC)CS(=O)CCO. The van der Waals surface area contributed by atoms with E-state index in [0.717, 1.165) is 12.2 Å². The minimum atomic E-state index is -0.813. The minimum Gasteiger partial charge on any atom is -0.395 e. The molecule has 2 atom stereocenters. The monoisotopic (exact) mass is 290 g/mol. The molecule has 2 unspecified atom stereocenters. The summed E-state index contributed by atoms with van der Waals surface area (Å²) >= 11 is 0. The van der Waals surface area contributed by atoms with Gasteiger partial charge in [0.25, 0.3) is 0 Å². The predicted molar refractivity (Wildman–Crippen MR) is 86.0 cm³/mol. The van der Waals surface area contributed by atoms with Gasteiger partial charge >= 0.3 is 0 Å². The van der Waals surface area contributed by atoms with Crippen molar-refractivity contribution in [3.05, 3.63) is 0 Å². The second-order valence-corrected chi connectivity index (χ2v) is 7.19. The fourth-order valence-corrected chi connectivity index (χ4v) is 3.72. The van der Waals surface area contributed by atoms with Gasteiger partial charge in [0.15, 0.2) is 0 Å². The fourth-order valence-electron chi connectivity index (χ4n) is 2.42. The summed E-state index contributed by atoms with van der Waals surface area (Å²) in [5.41, 5.74) is 0. The summed E-state index contributed by atoms with van der Waals surface area (Å²) < 4.78 is 11.6. The number of aliphatic hydroxyl groups is 1. The molecule has 1 N–H and O–H groups in total. The molecule has 0 fully saturated rings. The van der Waals surface area contributed by atoms with Gasteiger partial charge in [0.1, 0.15) is 0 Å². The molecular formula is C16H34O2S. The maximum Gasteiger partial charge on any atom is 0.0546 e. The molecular weight excluding hydrogens is 256 g/mol. The molecule has 0 radical (unpaired) electrons. The molecule has 0 bridgehead atoms. The van der Waals surface area contributed by atoms with Gasteiger partial charge in [-0.25, -0.2) is 0 Å². The number of hydrogen-bond acceptors (Lipinski definition) is 2. The van der Waals surface area contributed by atoms with Crippen molar-refractivity contribution in [1.82, 2.24) is 0 Å². The second kappa shape index (κ2) is 14.5. The van der Waals surface area contributed by atoms with Crippen LogP contribution in [0.1, 0.15) is 78.1 Å². The number of unbranched alkanes of at least 4 members (excludes halogenated alkanes) is 7. The Kier molecular flexibility index (Phi) is 14.6. The molecule has 0 heterocycles. The molecule has 0 aromatic heterocycles. The van der Waals surface area contributed by atoms with E-state index in [1.165, 1.54) is 57.8 Å². The summed E-state index contributed by atoms with van der Waals surface area (Å²) in [6, 6.07) is 0. The molecule has 3 heteroatoms. The van der Waals surface area contributed by atoms with E-state index in [1.807, 2.05) is 0 Å². The molecule has 0 aliphatic carbocycles. The van der Waals surface area contributed by atoms with Crippen molar-refractivity contribution in [2.24, 2.45) is 5.92 Å². The van der Waals surface area contributed by atoms with E-state index in [0.29, 0.717) is 11.7 Å². The van der Waals surface area contributed by atoms with E-state index in [4.69, 9.17) is 5.11 Å². The average molecular weight is 291 g/mol. The van der Waals surface area contributed by atoms with E-state index in [1.54, 1.807) is 0 Å². The topological polar surface area (TPSA) is 37.3 Å². The van der Waals surface area contributed by atoms with E-state index < -0.39 is 10.8 Å². The van der Waals surface area contributed by atoms with Crippen LogP contribution >= 0.6 is 0 Å². The van der Waals surface area contributed by atoms with Crippen LogP contribution in [0.3, 0.4) is 0 Å². The molecule has 0 aliphatic heterocycles. The van der Waals surface area contributed by atoms with Gasteiger partial charge in [-0.3, -0.25) is 4.21 Å². The maximum absolute atomic E-state index is 11.6. The molecule has 0 amide bonds. The van der Waals surface area contributed by atoms with Crippen LogP contribution in [-0.2, 0) is 10.8 Å². The van der Waals surface area contributed by atoms with Crippen LogP contribution in [-0.4, -0.2) is 27.4 Å². The fraction of sp³-hybridized carbons (Fsp3) is 1.00. The molecule has 19 heavy (non-hydrogen) atoms. The third kappa shape index (κ3) is 12.9. The standard InChI is InChI=1S/C16H34O2S/c1-3-5-6-7-8-9-10-11-12-16(4-2)15-19(18)14-13-17/h16-17H,3-15H2,1-2H3. The first-order valence-corrected chi connectivity index (χ1v) is 9.69. The molecule has 2 nitrogen and oxygen atoms in total. The first-order valence-electron chi connectivity index (χ1n) is 8.20. The lowest BCUT2D eigenvalue weighted by atomic mass is 9.99. The van der Waals surface area contributed by atoms with E-state index >= 15 is 0 Å². The summed E-state index contributed by atoms with van der Waals surface area (Å²) in [6.45, 7) is 4.50. The number of aliphatic hydroxyl groups excluding tert-OH is 1. The lowest BCUT2D eigenvalue weighted by Gasteiger charge is -2.13. The zero-order chi connectivity index (χ0) is 14.3. The van der Waals surface area contributed by atoms with Gasteiger partial charge in [-0.2, -0.15) is 0 Å². The van der Waals surface area contributed by atoms with Crippen molar-refractivity contribution in [3.8, 4) is 0 Å². The van der Waals surface area contributed by atoms with Crippen LogP contribution in [0.2, 0.25) is 0 Å². The Balaban J connectivity index is 3.43. The van der Waals surface area contributed by atoms with Gasteiger partial charge in [-0.05, 0) is 12.3 Å². The normalized spacial score (nSPS) is 14.5. The van der Waals surface area contributed by atoms with Crippen LogP contribution in [0.15, 0.2) is 0 Å². The van der Waals surface area contributed by atoms with Crippen molar-refractivity contribution in [2.75, 3.05) is 18.1 Å². The molecule has 0 spiro atoms. The van der Waals surface area contributed by atoms with Crippen LogP contribution in [0, 0.1) is 5.92 Å². The predicted octanol–water partition coefficient (Wildman–Crippen LogP) is 4.28. The Morgan fingerprint density at radius 1 is 0.947 bits per heavy atom. The summed E-state index contributed by atoms with van der Waals surface area (Å²) in [4.78, 5) is 0. The largest absolute Gasteiger partial charge is 0.395 e. The van der Waals surface area contributed by atoms with Gasteiger partial charge in [-0.15, -0.1) is 0 Å². The molecule has 0 aliphatic rings. The Morgan fingerprint density at radius 2 is 1.53 bits per heavy atom. The zero-order valence-electron chi connectivity index (χ0n) is 13.0. The highest BCUT2D eigenvalue weighted by atomic mass is 32.2. The lowest BCUT2D eigenvalue weighted by Crippen LogP contribution is -2.14. The van der Waals surface area contributed by atoms with Crippen LogP contribution in [0.4, 0.5) is 0 Å². The van der Waals surface area contributed by atoms with Crippen LogP contribution in [0.25, 0.3) is 0 Å². The second-order valence-electron chi connectivity index (χ2n) is 5.57. The lowest BCUT2D eigenvalue weighted by molar-refractivity contribution is 0.321. The van der Waals surface area contributed by atoms with E-state index in [-0.39, 0.29) is 6.61 Å². The van der Waals surface area contributed by atoms with Crippen molar-refractivity contribution in [2.45, 2.75) is 78.1 Å². The van der Waals surface area contributed by atoms with Gasteiger partial charge in [-0.1, -0.05) is 71.6 Å². The molecule has 0 saturated heterocycles. The van der Waals surface area contributed by atoms with Crippen molar-refractivity contribution in [3.63, 3.8) is 0 Å². The highest BCUT2D eigenvalue weighted by Gasteiger charge is 2.10. The summed E-state index contributed by atoms with van der Waals surface area (Å²) in [5, 5.41) is 8.76. The zero-order valence-corrected chi connectivity index (χ0v) is 13.8. The molecule has 0 aromatic rings. The van der Waals surface area contributed by atoms with Crippen LogP contribution < -0.4 is 0 Å². The number of hydrogen-bond donors (Lipinski definition) is 1. The summed E-state index contributed by atoms with van der Waals surface area (Å²) in [6.07, 6.45) is 13.2. The van der Waals surface area contributed by atoms with Gasteiger partial charge in [0.2, 0.25) is 0 Å². The third-order valence-electron chi connectivity index (χ3n) is 3.78. The molecule has 0 aromatic carbocycles. The quantitative estimate of drug-likeness (QED) is 0.485. The highest BCUT2D eigenvalue weighted by Crippen LogP contribution is 2.16. The van der Waals surface area contributed by atoms with Crippen molar-refractivity contribution >= 4 is 10.8 Å². The number of rotatable bonds is 14. The Hall–Kier alpha value is 0.110. The van der Waals surface area contributed by atoms with E-state index in [9.17, 15) is 4.21 Å². The van der Waals surface area contributed by atoms with Gasteiger partial charge in [0, 0.05) is 22.3 Å². The highest BCUT2D eigenvalue weighted by molar-refractivity contribution is 7.85. The Labute approximate surface area is 122 Å². The third-order valence-corrected chi connectivity index (χ3v) is 5.26. The first kappa shape index (κ1) is 19.1. The molecule has 116 valence electrons. The van der Waals surface area contributed by atoms with Gasteiger partial charge < -0.3 is 5.11 Å². The van der Waals surface area contributed by atoms with Gasteiger partial charge in [0.05, 0.1) is 6.61 Å². The Bertz CT molecular complexity index is 207. The van der Waals surface area contributed by atoms with Crippen LogP contribution in [0.5, 0.6) is 0 Å².